The Morgan fingerprint density at radius 2 is 2.19 bits per heavy atom. The second-order valence-electron chi connectivity index (χ2n) is 6.32. The van der Waals surface area contributed by atoms with Crippen molar-refractivity contribution < 1.29 is 9.18 Å². The quantitative estimate of drug-likeness (QED) is 0.696. The molecule has 0 N–H and O–H groups in total. The Labute approximate surface area is 156 Å². The van der Waals surface area contributed by atoms with Gasteiger partial charge in [0.25, 0.3) is 0 Å². The molecule has 26 heavy (non-hydrogen) atoms. The van der Waals surface area contributed by atoms with Crippen LogP contribution in [0.25, 0.3) is 11.4 Å². The maximum absolute atomic E-state index is 14.2. The van der Waals surface area contributed by atoms with Gasteiger partial charge in [0.2, 0.25) is 5.91 Å². The molecule has 0 spiro atoms. The van der Waals surface area contributed by atoms with Crippen molar-refractivity contribution in [3.8, 4) is 17.5 Å². The van der Waals surface area contributed by atoms with E-state index in [1.807, 2.05) is 17.6 Å². The average Bonchev–Trinajstić information content (AvgIpc) is 3.40. The minimum absolute atomic E-state index is 0.0666. The van der Waals surface area contributed by atoms with Crippen LogP contribution >= 0.6 is 11.8 Å². The van der Waals surface area contributed by atoms with E-state index in [1.165, 1.54) is 17.8 Å². The van der Waals surface area contributed by atoms with Crippen LogP contribution in [0.1, 0.15) is 32.2 Å². The van der Waals surface area contributed by atoms with Gasteiger partial charge in [0, 0.05) is 19.6 Å². The van der Waals surface area contributed by atoms with Crippen LogP contribution < -0.4 is 0 Å². The lowest BCUT2D eigenvalue weighted by atomic mass is 10.2. The summed E-state index contributed by atoms with van der Waals surface area (Å²) in [6, 6.07) is 8.80. The maximum atomic E-state index is 14.2. The molecule has 8 heteroatoms. The molecule has 1 heterocycles. The van der Waals surface area contributed by atoms with Crippen LogP contribution in [0.5, 0.6) is 0 Å². The Morgan fingerprint density at radius 1 is 1.46 bits per heavy atom. The first kappa shape index (κ1) is 18.4. The standard InChI is InChI=1S/C18H20FN5OS/c1-12(17(25)23(2)11-5-10-20)26-18-22-21-16(24(18)13-8-9-13)14-6-3-4-7-15(14)19/h3-4,6-7,12-13H,5,8-9,11H2,1-2H3/t12-/m0/s1. The summed E-state index contributed by atoms with van der Waals surface area (Å²) in [6.07, 6.45) is 2.30. The van der Waals surface area contributed by atoms with E-state index >= 15 is 0 Å². The molecule has 0 bridgehead atoms. The number of nitrogens with zero attached hydrogens (tertiary/aromatic N) is 5. The van der Waals surface area contributed by atoms with Crippen molar-refractivity contribution in [2.24, 2.45) is 0 Å². The smallest absolute Gasteiger partial charge is 0.235 e. The fraction of sp³-hybridized carbons (Fsp3) is 0.444. The fourth-order valence-electron chi connectivity index (χ4n) is 2.69. The van der Waals surface area contributed by atoms with E-state index in [0.29, 0.717) is 29.5 Å². The normalized spacial score (nSPS) is 14.7. The lowest BCUT2D eigenvalue weighted by Gasteiger charge is -2.20. The van der Waals surface area contributed by atoms with Crippen molar-refractivity contribution in [3.05, 3.63) is 30.1 Å². The van der Waals surface area contributed by atoms with Crippen molar-refractivity contribution in [1.29, 1.82) is 5.26 Å². The maximum Gasteiger partial charge on any atom is 0.235 e. The number of carbonyl (C=O) groups is 1. The first-order valence-electron chi connectivity index (χ1n) is 8.51. The molecule has 1 fully saturated rings. The molecule has 1 saturated carbocycles. The lowest BCUT2D eigenvalue weighted by molar-refractivity contribution is -0.128. The molecular weight excluding hydrogens is 353 g/mol. The highest BCUT2D eigenvalue weighted by atomic mass is 32.2. The largest absolute Gasteiger partial charge is 0.344 e. The molecule has 2 aromatic rings. The van der Waals surface area contributed by atoms with E-state index in [2.05, 4.69) is 10.2 Å². The van der Waals surface area contributed by atoms with E-state index in [-0.39, 0.29) is 23.0 Å². The van der Waals surface area contributed by atoms with Crippen LogP contribution in [0, 0.1) is 17.1 Å². The first-order valence-corrected chi connectivity index (χ1v) is 9.39. The minimum Gasteiger partial charge on any atom is -0.344 e. The first-order chi connectivity index (χ1) is 12.5. The molecule has 6 nitrogen and oxygen atoms in total. The molecule has 1 atom stereocenters. The summed E-state index contributed by atoms with van der Waals surface area (Å²) in [5.41, 5.74) is 0.420. The fourth-order valence-corrected chi connectivity index (χ4v) is 3.73. The number of hydrogen-bond donors (Lipinski definition) is 0. The summed E-state index contributed by atoms with van der Waals surface area (Å²) in [4.78, 5) is 14.0. The number of benzene rings is 1. The number of thioether (sulfide) groups is 1. The van der Waals surface area contributed by atoms with Crippen LogP contribution in [0.4, 0.5) is 4.39 Å². The van der Waals surface area contributed by atoms with Crippen LogP contribution in [-0.4, -0.2) is 44.4 Å². The zero-order valence-corrected chi connectivity index (χ0v) is 15.5. The monoisotopic (exact) mass is 373 g/mol. The summed E-state index contributed by atoms with van der Waals surface area (Å²) in [5.74, 6) is 0.104. The third-order valence-electron chi connectivity index (χ3n) is 4.26. The lowest BCUT2D eigenvalue weighted by Crippen LogP contribution is -2.34. The van der Waals surface area contributed by atoms with Crippen molar-refractivity contribution in [1.82, 2.24) is 19.7 Å². The van der Waals surface area contributed by atoms with E-state index in [9.17, 15) is 9.18 Å². The molecule has 1 aliphatic rings. The Bertz CT molecular complexity index is 842. The Balaban J connectivity index is 1.82. The third-order valence-corrected chi connectivity index (χ3v) is 5.30. The highest BCUT2D eigenvalue weighted by molar-refractivity contribution is 8.00. The van der Waals surface area contributed by atoms with Gasteiger partial charge in [-0.05, 0) is 31.9 Å². The Hall–Kier alpha value is -2.40. The SMILES string of the molecule is C[C@H](Sc1nnc(-c2ccccc2F)n1C1CC1)C(=O)N(C)CCC#N. The van der Waals surface area contributed by atoms with Gasteiger partial charge >= 0.3 is 0 Å². The van der Waals surface area contributed by atoms with Crippen molar-refractivity contribution in [2.75, 3.05) is 13.6 Å². The number of amides is 1. The van der Waals surface area contributed by atoms with Gasteiger partial charge in [0.05, 0.1) is 23.3 Å². The predicted molar refractivity (Wildman–Crippen MR) is 96.9 cm³/mol. The highest BCUT2D eigenvalue weighted by Crippen LogP contribution is 2.42. The Morgan fingerprint density at radius 3 is 2.85 bits per heavy atom. The van der Waals surface area contributed by atoms with E-state index in [1.54, 1.807) is 30.1 Å². The molecular formula is C18H20FN5OS. The Kier molecular flexibility index (Phi) is 5.57. The number of carbonyl (C=O) groups excluding carboxylic acids is 1. The molecule has 0 saturated heterocycles. The van der Waals surface area contributed by atoms with E-state index in [4.69, 9.17) is 5.26 Å². The minimum atomic E-state index is -0.367. The van der Waals surface area contributed by atoms with Gasteiger partial charge in [0.1, 0.15) is 5.82 Å². The van der Waals surface area contributed by atoms with Gasteiger partial charge in [-0.25, -0.2) is 4.39 Å². The van der Waals surface area contributed by atoms with Crippen molar-refractivity contribution in [2.45, 2.75) is 42.6 Å². The zero-order valence-electron chi connectivity index (χ0n) is 14.7. The van der Waals surface area contributed by atoms with Crippen LogP contribution in [0.15, 0.2) is 29.4 Å². The average molecular weight is 373 g/mol. The van der Waals surface area contributed by atoms with Gasteiger partial charge < -0.3 is 4.90 Å². The molecule has 0 unspecified atom stereocenters. The number of nitriles is 1. The second kappa shape index (κ2) is 7.87. The molecule has 0 aliphatic heterocycles. The molecule has 1 aromatic heterocycles. The zero-order chi connectivity index (χ0) is 18.7. The summed E-state index contributed by atoms with van der Waals surface area (Å²) >= 11 is 1.32. The molecule has 1 aliphatic carbocycles. The summed E-state index contributed by atoms with van der Waals surface area (Å²) in [5, 5.41) is 17.3. The molecule has 0 radical (unpaired) electrons. The van der Waals surface area contributed by atoms with Gasteiger partial charge in [-0.15, -0.1) is 10.2 Å². The van der Waals surface area contributed by atoms with E-state index < -0.39 is 0 Å². The van der Waals surface area contributed by atoms with Crippen LogP contribution in [-0.2, 0) is 4.79 Å². The summed E-state index contributed by atoms with van der Waals surface area (Å²) < 4.78 is 16.1. The predicted octanol–water partition coefficient (Wildman–Crippen LogP) is 3.27. The summed E-state index contributed by atoms with van der Waals surface area (Å²) in [7, 11) is 1.69. The number of rotatable bonds is 7. The van der Waals surface area contributed by atoms with Crippen molar-refractivity contribution >= 4 is 17.7 Å². The molecule has 1 amide bonds. The van der Waals surface area contributed by atoms with Gasteiger partial charge in [-0.2, -0.15) is 5.26 Å². The van der Waals surface area contributed by atoms with E-state index in [0.717, 1.165) is 12.8 Å². The number of hydrogen-bond acceptors (Lipinski definition) is 5. The van der Waals surface area contributed by atoms with Crippen molar-refractivity contribution in [3.63, 3.8) is 0 Å². The summed E-state index contributed by atoms with van der Waals surface area (Å²) in [6.45, 7) is 2.21. The third kappa shape index (κ3) is 3.88. The molecule has 3 rings (SSSR count). The second-order valence-corrected chi connectivity index (χ2v) is 7.62. The molecule has 136 valence electrons. The van der Waals surface area contributed by atoms with Crippen LogP contribution in [0.2, 0.25) is 0 Å². The van der Waals surface area contributed by atoms with Gasteiger partial charge in [-0.1, -0.05) is 23.9 Å². The van der Waals surface area contributed by atoms with Crippen LogP contribution in [0.3, 0.4) is 0 Å². The highest BCUT2D eigenvalue weighted by Gasteiger charge is 2.32. The number of aromatic nitrogens is 3. The topological polar surface area (TPSA) is 74.8 Å². The molecule has 1 aromatic carbocycles. The number of halogens is 1. The van der Waals surface area contributed by atoms with Gasteiger partial charge in [-0.3, -0.25) is 9.36 Å². The van der Waals surface area contributed by atoms with Gasteiger partial charge in [0.15, 0.2) is 11.0 Å².